The van der Waals surface area contributed by atoms with Crippen molar-refractivity contribution in [3.8, 4) is 0 Å². The number of nitrogens with zero attached hydrogens (tertiary/aromatic N) is 3. The van der Waals surface area contributed by atoms with E-state index in [1.807, 2.05) is 23.6 Å². The molecule has 0 fully saturated rings. The van der Waals surface area contributed by atoms with E-state index in [0.717, 1.165) is 35.8 Å². The van der Waals surface area contributed by atoms with Crippen molar-refractivity contribution < 1.29 is 9.59 Å². The van der Waals surface area contributed by atoms with Crippen LogP contribution in [0.4, 0.5) is 5.69 Å². The number of benzene rings is 1. The summed E-state index contributed by atoms with van der Waals surface area (Å²) >= 11 is 1.41. The van der Waals surface area contributed by atoms with E-state index >= 15 is 0 Å². The lowest BCUT2D eigenvalue weighted by Gasteiger charge is -2.07. The number of nitrogens with one attached hydrogen (secondary N) is 1. The minimum absolute atomic E-state index is 0.0193. The summed E-state index contributed by atoms with van der Waals surface area (Å²) in [5.74, 6) is 0.106. The Labute approximate surface area is 151 Å². The van der Waals surface area contributed by atoms with E-state index in [4.69, 9.17) is 0 Å². The van der Waals surface area contributed by atoms with E-state index in [9.17, 15) is 9.59 Å². The van der Waals surface area contributed by atoms with Crippen LogP contribution in [0.25, 0.3) is 0 Å². The Morgan fingerprint density at radius 3 is 3.00 bits per heavy atom. The van der Waals surface area contributed by atoms with Crippen molar-refractivity contribution in [2.45, 2.75) is 50.7 Å². The molecule has 1 aromatic carbocycles. The number of fused-ring (bicyclic) bond motifs is 1. The molecule has 0 saturated heterocycles. The average molecular weight is 358 g/mol. The summed E-state index contributed by atoms with van der Waals surface area (Å²) in [6.07, 6.45) is 5.13. The van der Waals surface area contributed by atoms with E-state index in [1.165, 1.54) is 18.2 Å². The molecule has 1 atom stereocenters. The normalized spacial score (nSPS) is 15.9. The molecule has 0 radical (unpaired) electrons. The quantitative estimate of drug-likeness (QED) is 0.444. The van der Waals surface area contributed by atoms with Crippen LogP contribution in [-0.4, -0.2) is 32.2 Å². The fourth-order valence-corrected chi connectivity index (χ4v) is 3.68. The van der Waals surface area contributed by atoms with Crippen LogP contribution in [0.5, 0.6) is 0 Å². The lowest BCUT2D eigenvalue weighted by Crippen LogP contribution is -2.08. The maximum Gasteiger partial charge on any atom is 0.231 e. The van der Waals surface area contributed by atoms with Gasteiger partial charge in [-0.05, 0) is 37.1 Å². The molecule has 1 aliphatic rings. The second-order valence-electron chi connectivity index (χ2n) is 6.24. The fourth-order valence-electron chi connectivity index (χ4n) is 2.85. The first kappa shape index (κ1) is 17.7. The number of Topliss-reactive ketones (excluding diaryl/α,β-unsaturated/α-hetero) is 1. The molecule has 132 valence electrons. The molecule has 25 heavy (non-hydrogen) atoms. The van der Waals surface area contributed by atoms with Crippen molar-refractivity contribution >= 4 is 29.1 Å². The van der Waals surface area contributed by atoms with Crippen molar-refractivity contribution in [1.29, 1.82) is 0 Å². The number of carbonyl (C=O) groups excluding carboxylic acids is 2. The molecule has 1 aromatic heterocycles. The first-order valence-corrected chi connectivity index (χ1v) is 9.57. The number of carbonyl (C=O) groups is 2. The number of anilines is 1. The van der Waals surface area contributed by atoms with E-state index in [-0.39, 0.29) is 17.6 Å². The third-order valence-electron chi connectivity index (χ3n) is 4.41. The summed E-state index contributed by atoms with van der Waals surface area (Å²) in [4.78, 5) is 24.2. The second kappa shape index (κ2) is 7.82. The highest BCUT2D eigenvalue weighted by atomic mass is 32.2. The maximum absolute atomic E-state index is 12.5. The largest absolute Gasteiger partial charge is 0.325 e. The zero-order valence-electron chi connectivity index (χ0n) is 14.5. The van der Waals surface area contributed by atoms with Crippen LogP contribution in [-0.2, 0) is 11.3 Å². The molecule has 6 nitrogen and oxygen atoms in total. The van der Waals surface area contributed by atoms with Crippen molar-refractivity contribution in [1.82, 2.24) is 14.8 Å². The molecule has 3 rings (SSSR count). The number of rotatable bonds is 8. The van der Waals surface area contributed by atoms with Gasteiger partial charge < -0.3 is 9.88 Å². The highest BCUT2D eigenvalue weighted by Gasteiger charge is 2.27. The zero-order valence-corrected chi connectivity index (χ0v) is 15.3. The van der Waals surface area contributed by atoms with Crippen LogP contribution >= 0.6 is 11.8 Å². The van der Waals surface area contributed by atoms with Gasteiger partial charge in [0.05, 0.1) is 11.7 Å². The van der Waals surface area contributed by atoms with Gasteiger partial charge in [0.1, 0.15) is 6.33 Å². The van der Waals surface area contributed by atoms with Gasteiger partial charge in [-0.3, -0.25) is 9.59 Å². The SMILES string of the molecule is CCCCCn1cnnc1SCC(=O)c1ccc2c(c1)[C@H](C)C(=O)N2. The second-order valence-corrected chi connectivity index (χ2v) is 7.18. The molecule has 0 bridgehead atoms. The van der Waals surface area contributed by atoms with Crippen molar-refractivity contribution in [3.05, 3.63) is 35.7 Å². The number of aryl methyl sites for hydroxylation is 1. The van der Waals surface area contributed by atoms with Crippen LogP contribution in [0.1, 0.15) is 54.9 Å². The molecule has 0 saturated carbocycles. The highest BCUT2D eigenvalue weighted by Crippen LogP contribution is 2.33. The highest BCUT2D eigenvalue weighted by molar-refractivity contribution is 7.99. The Bertz CT molecular complexity index is 787. The van der Waals surface area contributed by atoms with E-state index in [2.05, 4.69) is 22.4 Å². The van der Waals surface area contributed by atoms with Gasteiger partial charge in [0.2, 0.25) is 5.91 Å². The number of hydrogen-bond acceptors (Lipinski definition) is 5. The summed E-state index contributed by atoms with van der Waals surface area (Å²) < 4.78 is 2.00. The molecule has 1 amide bonds. The molecule has 0 aliphatic carbocycles. The van der Waals surface area contributed by atoms with E-state index in [1.54, 1.807) is 12.4 Å². The Hall–Kier alpha value is -2.15. The number of hydrogen-bond donors (Lipinski definition) is 1. The Balaban J connectivity index is 1.62. The molecule has 2 heterocycles. The summed E-state index contributed by atoms with van der Waals surface area (Å²) in [5, 5.41) is 11.7. The third-order valence-corrected chi connectivity index (χ3v) is 5.39. The van der Waals surface area contributed by atoms with Gasteiger partial charge in [0.25, 0.3) is 0 Å². The number of amides is 1. The lowest BCUT2D eigenvalue weighted by molar-refractivity contribution is -0.116. The number of aromatic nitrogens is 3. The van der Waals surface area contributed by atoms with Crippen LogP contribution in [0.15, 0.2) is 29.7 Å². The van der Waals surface area contributed by atoms with Crippen molar-refractivity contribution in [2.75, 3.05) is 11.1 Å². The first-order valence-electron chi connectivity index (χ1n) is 8.58. The molecule has 7 heteroatoms. The number of thioether (sulfide) groups is 1. The van der Waals surface area contributed by atoms with Gasteiger partial charge in [-0.25, -0.2) is 0 Å². The van der Waals surface area contributed by atoms with E-state index in [0.29, 0.717) is 11.3 Å². The summed E-state index contributed by atoms with van der Waals surface area (Å²) in [6, 6.07) is 5.40. The predicted molar refractivity (Wildman–Crippen MR) is 98.1 cm³/mol. The molecule has 1 aliphatic heterocycles. The zero-order chi connectivity index (χ0) is 17.8. The lowest BCUT2D eigenvalue weighted by atomic mass is 9.99. The van der Waals surface area contributed by atoms with Gasteiger partial charge in [0, 0.05) is 17.8 Å². The molecular weight excluding hydrogens is 336 g/mol. The maximum atomic E-state index is 12.5. The minimum Gasteiger partial charge on any atom is -0.325 e. The fraction of sp³-hybridized carbons (Fsp3) is 0.444. The number of ketones is 1. The summed E-state index contributed by atoms with van der Waals surface area (Å²) in [7, 11) is 0. The molecule has 0 unspecified atom stereocenters. The minimum atomic E-state index is -0.211. The van der Waals surface area contributed by atoms with Crippen molar-refractivity contribution in [3.63, 3.8) is 0 Å². The topological polar surface area (TPSA) is 76.9 Å². The van der Waals surface area contributed by atoms with Gasteiger partial charge in [-0.1, -0.05) is 31.5 Å². The molecular formula is C18H22N4O2S. The summed E-state index contributed by atoms with van der Waals surface area (Å²) in [5.41, 5.74) is 2.33. The van der Waals surface area contributed by atoms with Gasteiger partial charge in [-0.15, -0.1) is 10.2 Å². The monoisotopic (exact) mass is 358 g/mol. The Morgan fingerprint density at radius 2 is 2.20 bits per heavy atom. The van der Waals surface area contributed by atoms with Gasteiger partial charge in [-0.2, -0.15) is 0 Å². The van der Waals surface area contributed by atoms with E-state index < -0.39 is 0 Å². The first-order chi connectivity index (χ1) is 12.1. The standard InChI is InChI=1S/C18H22N4O2S/c1-3-4-5-8-22-11-19-21-18(22)25-10-16(23)13-6-7-15-14(9-13)12(2)17(24)20-15/h6-7,9,11-12H,3-5,8,10H2,1-2H3,(H,20,24)/t12-/m0/s1. The Kier molecular flexibility index (Phi) is 5.53. The molecule has 2 aromatic rings. The van der Waals surface area contributed by atoms with Gasteiger partial charge in [0.15, 0.2) is 10.9 Å². The molecule has 1 N–H and O–H groups in total. The number of unbranched alkanes of at least 4 members (excludes halogenated alkanes) is 2. The van der Waals surface area contributed by atoms with Crippen LogP contribution in [0.2, 0.25) is 0 Å². The van der Waals surface area contributed by atoms with Crippen LogP contribution < -0.4 is 5.32 Å². The van der Waals surface area contributed by atoms with Crippen LogP contribution in [0, 0.1) is 0 Å². The smallest absolute Gasteiger partial charge is 0.231 e. The van der Waals surface area contributed by atoms with Gasteiger partial charge >= 0.3 is 0 Å². The summed E-state index contributed by atoms with van der Waals surface area (Å²) in [6.45, 7) is 4.89. The third kappa shape index (κ3) is 3.92. The predicted octanol–water partition coefficient (Wildman–Crippen LogP) is 3.50. The average Bonchev–Trinajstić information content (AvgIpc) is 3.17. The van der Waals surface area contributed by atoms with Crippen molar-refractivity contribution in [2.24, 2.45) is 0 Å². The van der Waals surface area contributed by atoms with Crippen LogP contribution in [0.3, 0.4) is 0 Å². The molecule has 0 spiro atoms. The Morgan fingerprint density at radius 1 is 1.36 bits per heavy atom.